The third-order valence-corrected chi connectivity index (χ3v) is 4.53. The summed E-state index contributed by atoms with van der Waals surface area (Å²) in [5.74, 6) is -0.529. The molecule has 7 nitrogen and oxygen atoms in total. The fourth-order valence-corrected chi connectivity index (χ4v) is 2.95. The van der Waals surface area contributed by atoms with E-state index in [1.807, 2.05) is 25.8 Å². The normalized spacial score (nSPS) is 22.5. The van der Waals surface area contributed by atoms with Crippen molar-refractivity contribution in [3.05, 3.63) is 11.4 Å². The minimum absolute atomic E-state index is 0.0869. The number of aromatic nitrogens is 2. The minimum Gasteiger partial charge on any atom is -0.369 e. The molecule has 0 aromatic carbocycles. The van der Waals surface area contributed by atoms with Gasteiger partial charge in [0.2, 0.25) is 11.8 Å². The van der Waals surface area contributed by atoms with Gasteiger partial charge in [0.1, 0.15) is 0 Å². The molecule has 0 unspecified atom stereocenters. The summed E-state index contributed by atoms with van der Waals surface area (Å²) in [6, 6.07) is 0.275. The van der Waals surface area contributed by atoms with Gasteiger partial charge in [-0.05, 0) is 33.6 Å². The number of rotatable bonds is 4. The molecule has 7 heteroatoms. The Kier molecular flexibility index (Phi) is 4.85. The number of hydrogen-bond donors (Lipinski definition) is 2. The van der Waals surface area contributed by atoms with E-state index in [9.17, 15) is 9.59 Å². The van der Waals surface area contributed by atoms with Crippen molar-refractivity contribution in [1.82, 2.24) is 14.7 Å². The van der Waals surface area contributed by atoms with Crippen molar-refractivity contribution in [1.29, 1.82) is 0 Å². The number of primary amides is 1. The predicted molar refractivity (Wildman–Crippen MR) is 84.3 cm³/mol. The van der Waals surface area contributed by atoms with Gasteiger partial charge in [0.05, 0.1) is 29.5 Å². The highest BCUT2D eigenvalue weighted by atomic mass is 16.2. The molecule has 0 spiro atoms. The van der Waals surface area contributed by atoms with Crippen LogP contribution in [0.2, 0.25) is 0 Å². The average Bonchev–Trinajstić information content (AvgIpc) is 2.67. The molecule has 0 bridgehead atoms. The van der Waals surface area contributed by atoms with E-state index in [4.69, 9.17) is 5.73 Å². The second-order valence-electron chi connectivity index (χ2n) is 6.17. The number of amides is 2. The standard InChI is InChI=1S/C15H25N5O2/c1-9-5-6-12(15(16)22)7-20(9)8-13(21)17-14-10(2)18-19(4)11(14)3/h9,12H,5-8H2,1-4H3,(H2,16,22)(H,17,21)/t9-,12-/m0/s1. The number of likely N-dealkylation sites (tertiary alicyclic amines) is 1. The van der Waals surface area contributed by atoms with Crippen LogP contribution in [0.3, 0.4) is 0 Å². The zero-order chi connectivity index (χ0) is 16.4. The Balaban J connectivity index is 2.00. The lowest BCUT2D eigenvalue weighted by molar-refractivity contribution is -0.126. The number of nitrogens with two attached hydrogens (primary N) is 1. The quantitative estimate of drug-likeness (QED) is 0.850. The Morgan fingerprint density at radius 3 is 2.59 bits per heavy atom. The maximum Gasteiger partial charge on any atom is 0.238 e. The summed E-state index contributed by atoms with van der Waals surface area (Å²) < 4.78 is 1.75. The molecule has 1 fully saturated rings. The zero-order valence-electron chi connectivity index (χ0n) is 13.7. The van der Waals surface area contributed by atoms with Gasteiger partial charge in [-0.15, -0.1) is 0 Å². The first-order valence-electron chi connectivity index (χ1n) is 7.63. The second-order valence-corrected chi connectivity index (χ2v) is 6.17. The molecule has 1 aromatic rings. The lowest BCUT2D eigenvalue weighted by atomic mass is 9.93. The largest absolute Gasteiger partial charge is 0.369 e. The Labute approximate surface area is 130 Å². The van der Waals surface area contributed by atoms with Crippen molar-refractivity contribution < 1.29 is 9.59 Å². The number of hydrogen-bond acceptors (Lipinski definition) is 4. The highest BCUT2D eigenvalue weighted by molar-refractivity contribution is 5.93. The maximum atomic E-state index is 12.3. The van der Waals surface area contributed by atoms with Crippen LogP contribution < -0.4 is 11.1 Å². The van der Waals surface area contributed by atoms with E-state index < -0.39 is 0 Å². The van der Waals surface area contributed by atoms with Crippen molar-refractivity contribution in [3.63, 3.8) is 0 Å². The summed E-state index contributed by atoms with van der Waals surface area (Å²) in [5.41, 5.74) is 7.89. The number of aryl methyl sites for hydroxylation is 2. The Morgan fingerprint density at radius 1 is 1.36 bits per heavy atom. The molecule has 2 amide bonds. The molecule has 0 radical (unpaired) electrons. The number of nitrogens with zero attached hydrogens (tertiary/aromatic N) is 3. The smallest absolute Gasteiger partial charge is 0.238 e. The molecule has 1 aliphatic heterocycles. The molecule has 2 atom stereocenters. The molecule has 0 aliphatic carbocycles. The SMILES string of the molecule is Cc1nn(C)c(C)c1NC(=O)CN1C[C@@H](C(N)=O)CC[C@@H]1C. The molecule has 22 heavy (non-hydrogen) atoms. The van der Waals surface area contributed by atoms with Crippen molar-refractivity contribution in [2.75, 3.05) is 18.4 Å². The van der Waals surface area contributed by atoms with Gasteiger partial charge in [-0.25, -0.2) is 0 Å². The van der Waals surface area contributed by atoms with Crippen molar-refractivity contribution >= 4 is 17.5 Å². The lowest BCUT2D eigenvalue weighted by Gasteiger charge is -2.36. The summed E-state index contributed by atoms with van der Waals surface area (Å²) >= 11 is 0. The highest BCUT2D eigenvalue weighted by Gasteiger charge is 2.29. The molecule has 2 rings (SSSR count). The summed E-state index contributed by atoms with van der Waals surface area (Å²) in [5, 5.41) is 7.22. The number of carbonyl (C=O) groups is 2. The third kappa shape index (κ3) is 3.47. The van der Waals surface area contributed by atoms with Gasteiger partial charge in [-0.2, -0.15) is 5.10 Å². The zero-order valence-corrected chi connectivity index (χ0v) is 13.7. The number of carbonyl (C=O) groups excluding carboxylic acids is 2. The summed E-state index contributed by atoms with van der Waals surface area (Å²) in [6.45, 7) is 6.68. The van der Waals surface area contributed by atoms with Gasteiger partial charge in [0.25, 0.3) is 0 Å². The Bertz CT molecular complexity index is 581. The van der Waals surface area contributed by atoms with Crippen LogP contribution in [0.4, 0.5) is 5.69 Å². The second kappa shape index (κ2) is 6.48. The summed E-state index contributed by atoms with van der Waals surface area (Å²) in [7, 11) is 1.85. The third-order valence-electron chi connectivity index (χ3n) is 4.53. The van der Waals surface area contributed by atoms with Crippen LogP contribution in [-0.2, 0) is 16.6 Å². The van der Waals surface area contributed by atoms with Crippen molar-refractivity contribution in [2.24, 2.45) is 18.7 Å². The van der Waals surface area contributed by atoms with Crippen LogP contribution in [0.1, 0.15) is 31.2 Å². The van der Waals surface area contributed by atoms with E-state index in [0.29, 0.717) is 6.54 Å². The van der Waals surface area contributed by atoms with Crippen LogP contribution in [0.5, 0.6) is 0 Å². The fraction of sp³-hybridized carbons (Fsp3) is 0.667. The molecule has 1 aliphatic rings. The number of piperidine rings is 1. The maximum absolute atomic E-state index is 12.3. The highest BCUT2D eigenvalue weighted by Crippen LogP contribution is 2.22. The van der Waals surface area contributed by atoms with Crippen LogP contribution >= 0.6 is 0 Å². The van der Waals surface area contributed by atoms with Gasteiger partial charge in [0, 0.05) is 19.6 Å². The molecule has 0 saturated carbocycles. The Hall–Kier alpha value is -1.89. The van der Waals surface area contributed by atoms with Crippen LogP contribution in [-0.4, -0.2) is 45.6 Å². The van der Waals surface area contributed by atoms with Gasteiger partial charge < -0.3 is 11.1 Å². The molecule has 1 saturated heterocycles. The van der Waals surface area contributed by atoms with Crippen LogP contribution in [0, 0.1) is 19.8 Å². The van der Waals surface area contributed by atoms with E-state index >= 15 is 0 Å². The first-order valence-corrected chi connectivity index (χ1v) is 7.63. The van der Waals surface area contributed by atoms with Crippen LogP contribution in [0.15, 0.2) is 0 Å². The average molecular weight is 307 g/mol. The molecule has 122 valence electrons. The number of nitrogens with one attached hydrogen (secondary N) is 1. The summed E-state index contributed by atoms with van der Waals surface area (Å²) in [4.78, 5) is 25.7. The molecule has 1 aromatic heterocycles. The van der Waals surface area contributed by atoms with E-state index in [1.54, 1.807) is 4.68 Å². The molecular weight excluding hydrogens is 282 g/mol. The topological polar surface area (TPSA) is 93.2 Å². The van der Waals surface area contributed by atoms with E-state index in [2.05, 4.69) is 17.3 Å². The lowest BCUT2D eigenvalue weighted by Crippen LogP contribution is -2.48. The van der Waals surface area contributed by atoms with Crippen molar-refractivity contribution in [2.45, 2.75) is 39.7 Å². The fourth-order valence-electron chi connectivity index (χ4n) is 2.95. The molecule has 3 N–H and O–H groups in total. The van der Waals surface area contributed by atoms with Crippen LogP contribution in [0.25, 0.3) is 0 Å². The molecule has 2 heterocycles. The predicted octanol–water partition coefficient (Wildman–Crippen LogP) is 0.561. The Morgan fingerprint density at radius 2 is 2.05 bits per heavy atom. The monoisotopic (exact) mass is 307 g/mol. The van der Waals surface area contributed by atoms with E-state index in [-0.39, 0.29) is 30.3 Å². The van der Waals surface area contributed by atoms with E-state index in [1.165, 1.54) is 0 Å². The van der Waals surface area contributed by atoms with Gasteiger partial charge in [-0.3, -0.25) is 19.2 Å². The van der Waals surface area contributed by atoms with Gasteiger partial charge in [-0.1, -0.05) is 0 Å². The first-order chi connectivity index (χ1) is 10.3. The van der Waals surface area contributed by atoms with Crippen molar-refractivity contribution in [3.8, 4) is 0 Å². The van der Waals surface area contributed by atoms with Gasteiger partial charge in [0.15, 0.2) is 0 Å². The minimum atomic E-state index is -0.281. The first kappa shape index (κ1) is 16.5. The molecular formula is C15H25N5O2. The van der Waals surface area contributed by atoms with Gasteiger partial charge >= 0.3 is 0 Å². The summed E-state index contributed by atoms with van der Waals surface area (Å²) in [6.07, 6.45) is 1.68. The number of anilines is 1. The van der Waals surface area contributed by atoms with E-state index in [0.717, 1.165) is 29.9 Å².